The second-order valence-corrected chi connectivity index (χ2v) is 7.09. The fourth-order valence-corrected chi connectivity index (χ4v) is 4.62. The molecule has 0 heterocycles. The van der Waals surface area contributed by atoms with E-state index in [4.69, 9.17) is 0 Å². The number of thioether (sulfide) groups is 1. The maximum atomic E-state index is 3.53. The predicted octanol–water partition coefficient (Wildman–Crippen LogP) is 3.12. The average molecular weight is 278 g/mol. The summed E-state index contributed by atoms with van der Waals surface area (Å²) in [5, 5.41) is 4.22. The predicted molar refractivity (Wildman–Crippen MR) is 86.1 cm³/mol. The molecule has 0 bridgehead atoms. The minimum Gasteiger partial charge on any atom is -0.312 e. The largest absolute Gasteiger partial charge is 0.312 e. The summed E-state index contributed by atoms with van der Waals surface area (Å²) in [5.41, 5.74) is 3.04. The third-order valence-corrected chi connectivity index (χ3v) is 5.31. The van der Waals surface area contributed by atoms with Crippen LogP contribution in [0.3, 0.4) is 0 Å². The third kappa shape index (κ3) is 3.53. The summed E-state index contributed by atoms with van der Waals surface area (Å²) in [5.74, 6) is 1.89. The van der Waals surface area contributed by atoms with Crippen molar-refractivity contribution in [1.29, 1.82) is 0 Å². The van der Waals surface area contributed by atoms with Crippen LogP contribution in [-0.4, -0.2) is 43.6 Å². The molecule has 1 aromatic rings. The van der Waals surface area contributed by atoms with Gasteiger partial charge in [-0.2, -0.15) is 11.8 Å². The zero-order valence-electron chi connectivity index (χ0n) is 12.5. The summed E-state index contributed by atoms with van der Waals surface area (Å²) < 4.78 is 0. The van der Waals surface area contributed by atoms with Gasteiger partial charge in [-0.05, 0) is 44.6 Å². The van der Waals surface area contributed by atoms with Gasteiger partial charge < -0.3 is 10.2 Å². The quantitative estimate of drug-likeness (QED) is 0.891. The number of fused-ring (bicyclic) bond motifs is 1. The lowest BCUT2D eigenvalue weighted by atomic mass is 9.81. The van der Waals surface area contributed by atoms with Crippen LogP contribution >= 0.6 is 11.8 Å². The molecule has 0 spiro atoms. The summed E-state index contributed by atoms with van der Waals surface area (Å²) in [7, 11) is 6.39. The van der Waals surface area contributed by atoms with Crippen molar-refractivity contribution in [2.45, 2.75) is 30.6 Å². The van der Waals surface area contributed by atoms with Crippen molar-refractivity contribution in [2.75, 3.05) is 33.4 Å². The first kappa shape index (κ1) is 14.9. The SMILES string of the molecule is CNC1c2ccccc2C(C)CC1SCCN(C)C. The lowest BCUT2D eigenvalue weighted by Gasteiger charge is -2.36. The number of hydrogen-bond acceptors (Lipinski definition) is 3. The molecule has 0 aromatic heterocycles. The summed E-state index contributed by atoms with van der Waals surface area (Å²) in [6.07, 6.45) is 1.28. The Morgan fingerprint density at radius 1 is 1.26 bits per heavy atom. The van der Waals surface area contributed by atoms with Crippen molar-refractivity contribution in [1.82, 2.24) is 10.2 Å². The van der Waals surface area contributed by atoms with Crippen LogP contribution < -0.4 is 5.32 Å². The monoisotopic (exact) mass is 278 g/mol. The number of rotatable bonds is 5. The van der Waals surface area contributed by atoms with E-state index in [0.29, 0.717) is 17.2 Å². The molecule has 1 aromatic carbocycles. The Bertz CT molecular complexity index is 405. The van der Waals surface area contributed by atoms with E-state index in [9.17, 15) is 0 Å². The first-order chi connectivity index (χ1) is 9.13. The molecular weight excluding hydrogens is 252 g/mol. The molecule has 0 fully saturated rings. The molecule has 0 aliphatic heterocycles. The van der Waals surface area contributed by atoms with Gasteiger partial charge in [-0.3, -0.25) is 0 Å². The number of hydrogen-bond donors (Lipinski definition) is 1. The summed E-state index contributed by atoms with van der Waals surface area (Å²) in [4.78, 5) is 2.27. The van der Waals surface area contributed by atoms with E-state index >= 15 is 0 Å². The Labute approximate surface area is 122 Å². The molecule has 0 saturated carbocycles. The van der Waals surface area contributed by atoms with E-state index in [1.165, 1.54) is 23.3 Å². The zero-order chi connectivity index (χ0) is 13.8. The molecule has 2 nitrogen and oxygen atoms in total. The van der Waals surface area contributed by atoms with E-state index in [-0.39, 0.29) is 0 Å². The topological polar surface area (TPSA) is 15.3 Å². The van der Waals surface area contributed by atoms with Gasteiger partial charge in [0.05, 0.1) is 0 Å². The van der Waals surface area contributed by atoms with Crippen LogP contribution in [0.15, 0.2) is 24.3 Å². The van der Waals surface area contributed by atoms with Crippen LogP contribution in [0.5, 0.6) is 0 Å². The highest BCUT2D eigenvalue weighted by atomic mass is 32.2. The fraction of sp³-hybridized carbons (Fsp3) is 0.625. The van der Waals surface area contributed by atoms with Crippen molar-refractivity contribution in [2.24, 2.45) is 0 Å². The molecule has 0 saturated heterocycles. The maximum absolute atomic E-state index is 3.53. The highest BCUT2D eigenvalue weighted by Crippen LogP contribution is 2.42. The van der Waals surface area contributed by atoms with Gasteiger partial charge in [-0.15, -0.1) is 0 Å². The van der Waals surface area contributed by atoms with Crippen LogP contribution in [0.25, 0.3) is 0 Å². The van der Waals surface area contributed by atoms with Crippen molar-refractivity contribution < 1.29 is 0 Å². The minimum absolute atomic E-state index is 0.500. The van der Waals surface area contributed by atoms with E-state index in [2.05, 4.69) is 74.3 Å². The highest BCUT2D eigenvalue weighted by molar-refractivity contribution is 7.99. The van der Waals surface area contributed by atoms with Crippen molar-refractivity contribution in [3.05, 3.63) is 35.4 Å². The molecular formula is C16H26N2S. The van der Waals surface area contributed by atoms with Crippen LogP contribution in [-0.2, 0) is 0 Å². The van der Waals surface area contributed by atoms with Crippen LogP contribution in [0, 0.1) is 0 Å². The first-order valence-electron chi connectivity index (χ1n) is 7.16. The van der Waals surface area contributed by atoms with E-state index in [0.717, 1.165) is 6.54 Å². The fourth-order valence-electron chi connectivity index (χ4n) is 2.95. The number of nitrogens with zero attached hydrogens (tertiary/aromatic N) is 1. The Morgan fingerprint density at radius 2 is 1.95 bits per heavy atom. The summed E-state index contributed by atoms with van der Waals surface area (Å²) in [6, 6.07) is 9.43. The summed E-state index contributed by atoms with van der Waals surface area (Å²) >= 11 is 2.12. The molecule has 106 valence electrons. The van der Waals surface area contributed by atoms with E-state index in [1.807, 2.05) is 0 Å². The van der Waals surface area contributed by atoms with Crippen molar-refractivity contribution in [3.8, 4) is 0 Å². The molecule has 19 heavy (non-hydrogen) atoms. The number of nitrogens with one attached hydrogen (secondary N) is 1. The minimum atomic E-state index is 0.500. The van der Waals surface area contributed by atoms with Gasteiger partial charge in [0.15, 0.2) is 0 Å². The Balaban J connectivity index is 2.10. The molecule has 1 aliphatic carbocycles. The van der Waals surface area contributed by atoms with Gasteiger partial charge in [0.2, 0.25) is 0 Å². The Kier molecular flexibility index (Phi) is 5.31. The van der Waals surface area contributed by atoms with Crippen molar-refractivity contribution >= 4 is 11.8 Å². The smallest absolute Gasteiger partial charge is 0.0441 e. The van der Waals surface area contributed by atoms with Crippen LogP contribution in [0.2, 0.25) is 0 Å². The standard InChI is InChI=1S/C16H26N2S/c1-12-11-15(19-10-9-18(3)4)16(17-2)14-8-6-5-7-13(12)14/h5-8,12,15-17H,9-11H2,1-4H3. The van der Waals surface area contributed by atoms with Gasteiger partial charge in [-0.25, -0.2) is 0 Å². The molecule has 3 atom stereocenters. The molecule has 1 aliphatic rings. The Morgan fingerprint density at radius 3 is 2.58 bits per heavy atom. The van der Waals surface area contributed by atoms with Crippen molar-refractivity contribution in [3.63, 3.8) is 0 Å². The Hall–Kier alpha value is -0.510. The van der Waals surface area contributed by atoms with Gasteiger partial charge in [0.1, 0.15) is 0 Å². The van der Waals surface area contributed by atoms with E-state index < -0.39 is 0 Å². The highest BCUT2D eigenvalue weighted by Gasteiger charge is 2.31. The molecule has 3 heteroatoms. The van der Waals surface area contributed by atoms with Gasteiger partial charge in [0, 0.05) is 23.6 Å². The zero-order valence-corrected chi connectivity index (χ0v) is 13.3. The third-order valence-electron chi connectivity index (χ3n) is 4.00. The van der Waals surface area contributed by atoms with E-state index in [1.54, 1.807) is 0 Å². The van der Waals surface area contributed by atoms with Gasteiger partial charge in [0.25, 0.3) is 0 Å². The van der Waals surface area contributed by atoms with Crippen LogP contribution in [0.4, 0.5) is 0 Å². The summed E-state index contributed by atoms with van der Waals surface area (Å²) in [6.45, 7) is 3.53. The second kappa shape index (κ2) is 6.78. The van der Waals surface area contributed by atoms with Gasteiger partial charge in [-0.1, -0.05) is 31.2 Å². The number of benzene rings is 1. The lowest BCUT2D eigenvalue weighted by molar-refractivity contribution is 0.434. The lowest BCUT2D eigenvalue weighted by Crippen LogP contribution is -2.34. The average Bonchev–Trinajstić information content (AvgIpc) is 2.39. The van der Waals surface area contributed by atoms with Crippen LogP contribution in [0.1, 0.15) is 36.4 Å². The molecule has 1 N–H and O–H groups in total. The molecule has 0 amide bonds. The first-order valence-corrected chi connectivity index (χ1v) is 8.20. The second-order valence-electron chi connectivity index (χ2n) is 5.74. The molecule has 3 unspecified atom stereocenters. The molecule has 2 rings (SSSR count). The van der Waals surface area contributed by atoms with Gasteiger partial charge >= 0.3 is 0 Å². The molecule has 0 radical (unpaired) electrons. The normalized spacial score (nSPS) is 26.5. The maximum Gasteiger partial charge on any atom is 0.0441 e.